The second-order valence-electron chi connectivity index (χ2n) is 7.23. The highest BCUT2D eigenvalue weighted by Gasteiger charge is 2.39. The number of hydrogen-bond donors (Lipinski definition) is 0. The van der Waals surface area contributed by atoms with E-state index in [2.05, 4.69) is 30.3 Å². The topological polar surface area (TPSA) is 48.0 Å². The Hall–Kier alpha value is -2.63. The van der Waals surface area contributed by atoms with E-state index < -0.39 is 0 Å². The molecule has 4 rings (SSSR count). The zero-order valence-corrected chi connectivity index (χ0v) is 16.0. The average Bonchev–Trinajstić information content (AvgIpc) is 2.72. The van der Waals surface area contributed by atoms with Gasteiger partial charge in [0, 0.05) is 7.11 Å². The minimum atomic E-state index is -0.270. The number of hydrogen-bond acceptors (Lipinski definition) is 4. The lowest BCUT2D eigenvalue weighted by molar-refractivity contribution is -0.0342. The molecule has 0 aromatic heterocycles. The highest BCUT2D eigenvalue weighted by atomic mass is 16.6. The Morgan fingerprint density at radius 1 is 1.04 bits per heavy atom. The van der Waals surface area contributed by atoms with E-state index in [0.717, 1.165) is 17.5 Å². The van der Waals surface area contributed by atoms with Crippen LogP contribution in [0, 0.1) is 0 Å². The van der Waals surface area contributed by atoms with Crippen molar-refractivity contribution >= 4 is 11.7 Å². The van der Waals surface area contributed by atoms with Gasteiger partial charge in [0.05, 0.1) is 31.9 Å². The molecule has 0 radical (unpaired) electrons. The summed E-state index contributed by atoms with van der Waals surface area (Å²) < 4.78 is 16.5. The van der Waals surface area contributed by atoms with Crippen LogP contribution in [0.25, 0.3) is 5.57 Å². The molecule has 0 saturated carbocycles. The minimum absolute atomic E-state index is 0.000625. The van der Waals surface area contributed by atoms with Crippen LogP contribution in [0.3, 0.4) is 0 Å². The van der Waals surface area contributed by atoms with Crippen molar-refractivity contribution in [1.82, 2.24) is 4.90 Å². The van der Waals surface area contributed by atoms with Crippen molar-refractivity contribution in [1.29, 1.82) is 0 Å². The third-order valence-corrected chi connectivity index (χ3v) is 5.25. The molecule has 2 atom stereocenters. The second kappa shape index (κ2) is 8.59. The summed E-state index contributed by atoms with van der Waals surface area (Å²) in [6.45, 7) is 1.94. The number of benzene rings is 2. The molecule has 5 nitrogen and oxygen atoms in total. The van der Waals surface area contributed by atoms with Crippen molar-refractivity contribution in [2.24, 2.45) is 0 Å². The Balaban J connectivity index is 1.47. The number of morpholine rings is 1. The zero-order chi connectivity index (χ0) is 19.3. The van der Waals surface area contributed by atoms with E-state index in [1.165, 1.54) is 11.1 Å². The standard InChI is InChI=1S/C23H25NO4/c1-26-13-18-7-9-19(10-8-18)20-11-21-15-27-16-22(12-20)24(21)23(25)28-14-17-5-3-2-4-6-17/h2-11,21-22H,12-16H2,1H3. The summed E-state index contributed by atoms with van der Waals surface area (Å²) in [5.41, 5.74) is 4.59. The fraction of sp³-hybridized carbons (Fsp3) is 0.348. The minimum Gasteiger partial charge on any atom is -0.445 e. The highest BCUT2D eigenvalue weighted by molar-refractivity contribution is 5.74. The molecule has 2 aromatic carbocycles. The van der Waals surface area contributed by atoms with Gasteiger partial charge in [0.15, 0.2) is 0 Å². The molecule has 2 unspecified atom stereocenters. The molecule has 5 heteroatoms. The van der Waals surface area contributed by atoms with Crippen LogP contribution in [0.5, 0.6) is 0 Å². The summed E-state index contributed by atoms with van der Waals surface area (Å²) in [4.78, 5) is 14.6. The van der Waals surface area contributed by atoms with Crippen LogP contribution in [0.2, 0.25) is 0 Å². The number of rotatable bonds is 5. The van der Waals surface area contributed by atoms with Crippen LogP contribution in [-0.4, -0.2) is 43.4 Å². The molecule has 2 heterocycles. The molecule has 2 aromatic rings. The molecular weight excluding hydrogens is 354 g/mol. The molecule has 146 valence electrons. The summed E-state index contributed by atoms with van der Waals surface area (Å²) in [5.74, 6) is 0. The first-order valence-electron chi connectivity index (χ1n) is 9.60. The lowest BCUT2D eigenvalue weighted by Gasteiger charge is -2.43. The molecular formula is C23H25NO4. The van der Waals surface area contributed by atoms with E-state index >= 15 is 0 Å². The van der Waals surface area contributed by atoms with Crippen molar-refractivity contribution in [3.8, 4) is 0 Å². The summed E-state index contributed by atoms with van der Waals surface area (Å²) in [6.07, 6.45) is 2.64. The smallest absolute Gasteiger partial charge is 0.411 e. The number of nitrogens with zero attached hydrogens (tertiary/aromatic N) is 1. The number of methoxy groups -OCH3 is 1. The Morgan fingerprint density at radius 3 is 2.50 bits per heavy atom. The van der Waals surface area contributed by atoms with Crippen LogP contribution in [-0.2, 0) is 27.4 Å². The van der Waals surface area contributed by atoms with Crippen LogP contribution >= 0.6 is 0 Å². The Bertz CT molecular complexity index is 831. The van der Waals surface area contributed by atoms with Crippen molar-refractivity contribution in [3.63, 3.8) is 0 Å². The molecule has 2 aliphatic heterocycles. The van der Waals surface area contributed by atoms with Gasteiger partial charge in [-0.05, 0) is 28.7 Å². The third-order valence-electron chi connectivity index (χ3n) is 5.25. The summed E-state index contributed by atoms with van der Waals surface area (Å²) >= 11 is 0. The van der Waals surface area contributed by atoms with Gasteiger partial charge in [0.2, 0.25) is 0 Å². The lowest BCUT2D eigenvalue weighted by Crippen LogP contribution is -2.56. The van der Waals surface area contributed by atoms with Crippen LogP contribution in [0.15, 0.2) is 60.7 Å². The van der Waals surface area contributed by atoms with E-state index in [4.69, 9.17) is 14.2 Å². The SMILES string of the molecule is COCc1ccc(C2=CC3COCC(C2)N3C(=O)OCc2ccccc2)cc1. The summed E-state index contributed by atoms with van der Waals surface area (Å²) in [6, 6.07) is 18.1. The first-order chi connectivity index (χ1) is 13.7. The van der Waals surface area contributed by atoms with Gasteiger partial charge < -0.3 is 14.2 Å². The zero-order valence-electron chi connectivity index (χ0n) is 16.0. The first kappa shape index (κ1) is 18.7. The first-order valence-corrected chi connectivity index (χ1v) is 9.60. The highest BCUT2D eigenvalue weighted by Crippen LogP contribution is 2.33. The normalized spacial score (nSPS) is 21.2. The Morgan fingerprint density at radius 2 is 1.79 bits per heavy atom. The van der Waals surface area contributed by atoms with E-state index in [1.807, 2.05) is 35.2 Å². The molecule has 2 aliphatic rings. The van der Waals surface area contributed by atoms with Gasteiger partial charge in [0.25, 0.3) is 0 Å². The maximum absolute atomic E-state index is 12.7. The number of fused-ring (bicyclic) bond motifs is 2. The fourth-order valence-corrected chi connectivity index (χ4v) is 3.87. The van der Waals surface area contributed by atoms with Gasteiger partial charge in [-0.3, -0.25) is 4.90 Å². The molecule has 2 bridgehead atoms. The summed E-state index contributed by atoms with van der Waals surface area (Å²) in [7, 11) is 1.70. The molecule has 28 heavy (non-hydrogen) atoms. The van der Waals surface area contributed by atoms with Gasteiger partial charge >= 0.3 is 6.09 Å². The predicted octanol–water partition coefficient (Wildman–Crippen LogP) is 4.03. The Labute approximate surface area is 165 Å². The maximum atomic E-state index is 12.7. The number of carbonyl (C=O) groups is 1. The van der Waals surface area contributed by atoms with Gasteiger partial charge in [0.1, 0.15) is 6.61 Å². The van der Waals surface area contributed by atoms with Crippen LogP contribution < -0.4 is 0 Å². The number of ether oxygens (including phenoxy) is 3. The van der Waals surface area contributed by atoms with E-state index in [9.17, 15) is 4.79 Å². The fourth-order valence-electron chi connectivity index (χ4n) is 3.87. The molecule has 1 amide bonds. The van der Waals surface area contributed by atoms with E-state index in [0.29, 0.717) is 19.8 Å². The van der Waals surface area contributed by atoms with Crippen molar-refractivity contribution in [2.75, 3.05) is 20.3 Å². The molecule has 1 saturated heterocycles. The molecule has 0 aliphatic carbocycles. The van der Waals surface area contributed by atoms with Gasteiger partial charge in [-0.15, -0.1) is 0 Å². The van der Waals surface area contributed by atoms with Crippen molar-refractivity contribution in [2.45, 2.75) is 31.7 Å². The maximum Gasteiger partial charge on any atom is 0.411 e. The number of carbonyl (C=O) groups excluding carboxylic acids is 1. The lowest BCUT2D eigenvalue weighted by atomic mass is 9.90. The number of amides is 1. The molecule has 0 spiro atoms. The van der Waals surface area contributed by atoms with Gasteiger partial charge in [-0.1, -0.05) is 60.7 Å². The second-order valence-corrected chi connectivity index (χ2v) is 7.23. The monoisotopic (exact) mass is 379 g/mol. The van der Waals surface area contributed by atoms with Crippen LogP contribution in [0.4, 0.5) is 4.79 Å². The van der Waals surface area contributed by atoms with E-state index in [-0.39, 0.29) is 24.8 Å². The summed E-state index contributed by atoms with van der Waals surface area (Å²) in [5, 5.41) is 0. The van der Waals surface area contributed by atoms with Gasteiger partial charge in [-0.25, -0.2) is 4.79 Å². The molecule has 1 fully saturated rings. The van der Waals surface area contributed by atoms with Crippen molar-refractivity contribution < 1.29 is 19.0 Å². The quantitative estimate of drug-likeness (QED) is 0.787. The molecule has 0 N–H and O–H groups in total. The van der Waals surface area contributed by atoms with Gasteiger partial charge in [-0.2, -0.15) is 0 Å². The van der Waals surface area contributed by atoms with E-state index in [1.54, 1.807) is 7.11 Å². The third kappa shape index (κ3) is 4.11. The largest absolute Gasteiger partial charge is 0.445 e. The van der Waals surface area contributed by atoms with Crippen LogP contribution in [0.1, 0.15) is 23.1 Å². The predicted molar refractivity (Wildman–Crippen MR) is 107 cm³/mol. The average molecular weight is 379 g/mol. The van der Waals surface area contributed by atoms with Crippen molar-refractivity contribution in [3.05, 3.63) is 77.4 Å². The Kier molecular flexibility index (Phi) is 5.74.